The zero-order valence-electron chi connectivity index (χ0n) is 12.9. The van der Waals surface area contributed by atoms with E-state index in [0.717, 1.165) is 10.6 Å². The van der Waals surface area contributed by atoms with Gasteiger partial charge in [-0.2, -0.15) is 4.37 Å². The average Bonchev–Trinajstić information content (AvgIpc) is 2.95. The maximum atomic E-state index is 12.2. The van der Waals surface area contributed by atoms with Gasteiger partial charge in [0.25, 0.3) is 5.56 Å². The lowest BCUT2D eigenvalue weighted by atomic mass is 10.3. The van der Waals surface area contributed by atoms with Crippen LogP contribution in [-0.4, -0.2) is 34.0 Å². The highest BCUT2D eigenvalue weighted by Gasteiger charge is 2.14. The van der Waals surface area contributed by atoms with Gasteiger partial charge in [-0.25, -0.2) is 4.79 Å². The highest BCUT2D eigenvalue weighted by atomic mass is 32.1. The molecule has 2 rings (SSSR count). The van der Waals surface area contributed by atoms with Gasteiger partial charge in [0, 0.05) is 30.7 Å². The summed E-state index contributed by atoms with van der Waals surface area (Å²) >= 11 is 1.27. The maximum absolute atomic E-state index is 12.2. The summed E-state index contributed by atoms with van der Waals surface area (Å²) < 4.78 is 10.6. The number of urea groups is 1. The molecule has 0 aromatic carbocycles. The highest BCUT2D eigenvalue weighted by Crippen LogP contribution is 2.17. The van der Waals surface area contributed by atoms with Crippen LogP contribution in [0.1, 0.15) is 10.6 Å². The van der Waals surface area contributed by atoms with E-state index in [4.69, 9.17) is 4.74 Å². The molecule has 2 amide bonds. The Bertz CT molecular complexity index is 738. The summed E-state index contributed by atoms with van der Waals surface area (Å²) in [5.41, 5.74) is 0.848. The van der Waals surface area contributed by atoms with Gasteiger partial charge in [-0.1, -0.05) is 0 Å². The zero-order chi connectivity index (χ0) is 16.3. The van der Waals surface area contributed by atoms with Crippen molar-refractivity contribution in [1.82, 2.24) is 13.8 Å². The predicted molar refractivity (Wildman–Crippen MR) is 85.6 cm³/mol. The molecule has 0 radical (unpaired) electrons. The van der Waals surface area contributed by atoms with Crippen molar-refractivity contribution in [1.29, 1.82) is 0 Å². The lowest BCUT2D eigenvalue weighted by Crippen LogP contribution is -2.33. The molecule has 2 aromatic rings. The third-order valence-corrected chi connectivity index (χ3v) is 4.04. The third kappa shape index (κ3) is 3.45. The van der Waals surface area contributed by atoms with E-state index < -0.39 is 0 Å². The van der Waals surface area contributed by atoms with Gasteiger partial charge in [-0.05, 0) is 30.6 Å². The van der Waals surface area contributed by atoms with Gasteiger partial charge in [0.15, 0.2) is 0 Å². The molecule has 2 aromatic heterocycles. The fraction of sp³-hybridized carbons (Fsp3) is 0.357. The van der Waals surface area contributed by atoms with Crippen LogP contribution >= 0.6 is 11.5 Å². The second-order valence-corrected chi connectivity index (χ2v) is 5.76. The summed E-state index contributed by atoms with van der Waals surface area (Å²) in [4.78, 5) is 26.6. The summed E-state index contributed by atoms with van der Waals surface area (Å²) in [7, 11) is 4.86. The maximum Gasteiger partial charge on any atom is 0.322 e. The first kappa shape index (κ1) is 16.0. The quantitative estimate of drug-likeness (QED) is 0.931. The van der Waals surface area contributed by atoms with Crippen LogP contribution in [0.2, 0.25) is 0 Å². The smallest absolute Gasteiger partial charge is 0.322 e. The van der Waals surface area contributed by atoms with Gasteiger partial charge < -0.3 is 19.5 Å². The largest absolute Gasteiger partial charge is 0.480 e. The molecule has 0 aliphatic rings. The monoisotopic (exact) mass is 322 g/mol. The first-order valence-corrected chi connectivity index (χ1v) is 7.38. The number of carbonyl (C=O) groups excluding carboxylic acids is 1. The number of ether oxygens (including phenoxy) is 1. The molecule has 0 saturated carbocycles. The van der Waals surface area contributed by atoms with E-state index in [9.17, 15) is 9.59 Å². The Morgan fingerprint density at radius 3 is 2.86 bits per heavy atom. The number of pyridine rings is 1. The molecule has 0 saturated heterocycles. The number of carbonyl (C=O) groups is 1. The van der Waals surface area contributed by atoms with Crippen LogP contribution < -0.4 is 15.6 Å². The number of nitrogens with zero attached hydrogens (tertiary/aromatic N) is 3. The van der Waals surface area contributed by atoms with E-state index >= 15 is 0 Å². The molecule has 1 N–H and O–H groups in total. The minimum absolute atomic E-state index is 0.235. The molecule has 0 bridgehead atoms. The molecule has 22 heavy (non-hydrogen) atoms. The highest BCUT2D eigenvalue weighted by molar-refractivity contribution is 7.05. The molecule has 0 aliphatic heterocycles. The molecule has 0 unspecified atom stereocenters. The molecule has 7 nitrogen and oxygen atoms in total. The summed E-state index contributed by atoms with van der Waals surface area (Å²) in [6, 6.07) is 4.82. The second-order valence-electron chi connectivity index (χ2n) is 4.87. The van der Waals surface area contributed by atoms with Crippen molar-refractivity contribution in [2.45, 2.75) is 13.5 Å². The topological polar surface area (TPSA) is 76.5 Å². The van der Waals surface area contributed by atoms with Crippen LogP contribution in [0.3, 0.4) is 0 Å². The molecule has 0 spiro atoms. The third-order valence-electron chi connectivity index (χ3n) is 3.28. The average molecular weight is 322 g/mol. The first-order chi connectivity index (χ1) is 10.4. The lowest BCUT2D eigenvalue weighted by molar-refractivity contribution is 0.221. The van der Waals surface area contributed by atoms with Crippen LogP contribution in [0.5, 0.6) is 5.88 Å². The Balaban J connectivity index is 2.05. The van der Waals surface area contributed by atoms with E-state index in [1.807, 2.05) is 6.92 Å². The number of aryl methyl sites for hydroxylation is 1. The van der Waals surface area contributed by atoms with E-state index in [2.05, 4.69) is 9.69 Å². The fourth-order valence-electron chi connectivity index (χ4n) is 1.80. The van der Waals surface area contributed by atoms with E-state index in [1.165, 1.54) is 21.0 Å². The van der Waals surface area contributed by atoms with E-state index in [0.29, 0.717) is 12.4 Å². The minimum Gasteiger partial charge on any atom is -0.480 e. The zero-order valence-corrected chi connectivity index (χ0v) is 13.7. The van der Waals surface area contributed by atoms with Crippen molar-refractivity contribution in [3.63, 3.8) is 0 Å². The molecule has 2 heterocycles. The summed E-state index contributed by atoms with van der Waals surface area (Å²) in [6.45, 7) is 2.22. The van der Waals surface area contributed by atoms with Crippen molar-refractivity contribution in [3.8, 4) is 5.88 Å². The number of hydrogen-bond acceptors (Lipinski definition) is 5. The summed E-state index contributed by atoms with van der Waals surface area (Å²) in [5.74, 6) is 0.529. The van der Waals surface area contributed by atoms with Crippen molar-refractivity contribution in [2.24, 2.45) is 7.05 Å². The van der Waals surface area contributed by atoms with Crippen molar-refractivity contribution < 1.29 is 9.53 Å². The number of rotatable bonds is 4. The van der Waals surface area contributed by atoms with Crippen LogP contribution in [0, 0.1) is 6.92 Å². The Labute approximate surface area is 132 Å². The summed E-state index contributed by atoms with van der Waals surface area (Å²) in [5, 5.41) is 2.63. The first-order valence-electron chi connectivity index (χ1n) is 6.60. The number of methoxy groups -OCH3 is 1. The Morgan fingerprint density at radius 2 is 2.23 bits per heavy atom. The predicted octanol–water partition coefficient (Wildman–Crippen LogP) is 1.82. The fourth-order valence-corrected chi connectivity index (χ4v) is 2.54. The Hall–Kier alpha value is -2.35. The van der Waals surface area contributed by atoms with Crippen LogP contribution in [0.25, 0.3) is 0 Å². The lowest BCUT2D eigenvalue weighted by Gasteiger charge is -2.17. The van der Waals surface area contributed by atoms with Gasteiger partial charge in [0.2, 0.25) is 5.88 Å². The molecule has 118 valence electrons. The van der Waals surface area contributed by atoms with E-state index in [1.54, 1.807) is 39.4 Å². The van der Waals surface area contributed by atoms with Crippen LogP contribution in [0.15, 0.2) is 23.0 Å². The van der Waals surface area contributed by atoms with Gasteiger partial charge >= 0.3 is 6.03 Å². The standard InChI is InChI=1S/C14H18N4O3S/c1-9-5-6-11(13(19)18(9)3)15-14(20)17(2)8-10-7-12(21-4)16-22-10/h5-7H,8H2,1-4H3,(H,15,20). The van der Waals surface area contributed by atoms with Crippen molar-refractivity contribution in [3.05, 3.63) is 39.1 Å². The number of amides is 2. The molecule has 0 atom stereocenters. The Kier molecular flexibility index (Phi) is 4.81. The van der Waals surface area contributed by atoms with Gasteiger partial charge in [-0.3, -0.25) is 4.79 Å². The number of hydrogen-bond donors (Lipinski definition) is 1. The van der Waals surface area contributed by atoms with Gasteiger partial charge in [0.05, 0.1) is 13.7 Å². The number of anilines is 1. The molecule has 0 fully saturated rings. The van der Waals surface area contributed by atoms with Gasteiger partial charge in [0.1, 0.15) is 5.69 Å². The molecular formula is C14H18N4O3S. The normalized spacial score (nSPS) is 10.4. The van der Waals surface area contributed by atoms with Crippen LogP contribution in [0.4, 0.5) is 10.5 Å². The molecule has 8 heteroatoms. The molecular weight excluding hydrogens is 304 g/mol. The van der Waals surface area contributed by atoms with Crippen LogP contribution in [-0.2, 0) is 13.6 Å². The number of aromatic nitrogens is 2. The summed E-state index contributed by atoms with van der Waals surface area (Å²) in [6.07, 6.45) is 0. The van der Waals surface area contributed by atoms with E-state index in [-0.39, 0.29) is 17.3 Å². The van der Waals surface area contributed by atoms with Crippen molar-refractivity contribution >= 4 is 23.3 Å². The Morgan fingerprint density at radius 1 is 1.50 bits per heavy atom. The van der Waals surface area contributed by atoms with Crippen molar-refractivity contribution in [2.75, 3.05) is 19.5 Å². The molecule has 0 aliphatic carbocycles. The SMILES string of the molecule is COc1cc(CN(C)C(=O)Nc2ccc(C)n(C)c2=O)sn1. The number of nitrogens with one attached hydrogen (secondary N) is 1. The second kappa shape index (κ2) is 6.61. The minimum atomic E-state index is -0.353. The van der Waals surface area contributed by atoms with Gasteiger partial charge in [-0.15, -0.1) is 0 Å².